The van der Waals surface area contributed by atoms with Crippen molar-refractivity contribution in [2.24, 2.45) is 0 Å². The summed E-state index contributed by atoms with van der Waals surface area (Å²) in [6, 6.07) is 10.9. The second-order valence-corrected chi connectivity index (χ2v) is 3.46. The molecule has 0 unspecified atom stereocenters. The van der Waals surface area contributed by atoms with Gasteiger partial charge in [-0.25, -0.2) is 4.39 Å². The first-order chi connectivity index (χ1) is 8.19. The number of anilines is 1. The maximum atomic E-state index is 13.0. The van der Waals surface area contributed by atoms with E-state index >= 15 is 0 Å². The van der Waals surface area contributed by atoms with Gasteiger partial charge in [-0.3, -0.25) is 0 Å². The first-order valence-corrected chi connectivity index (χ1v) is 5.06. The number of hydrogen-bond donors (Lipinski definition) is 1. The van der Waals surface area contributed by atoms with Crippen molar-refractivity contribution in [3.8, 4) is 17.2 Å². The van der Waals surface area contributed by atoms with Gasteiger partial charge < -0.3 is 15.2 Å². The van der Waals surface area contributed by atoms with Gasteiger partial charge in [0.1, 0.15) is 17.3 Å². The average Bonchev–Trinajstić information content (AvgIpc) is 2.32. The first-order valence-electron chi connectivity index (χ1n) is 5.06. The number of ether oxygens (including phenoxy) is 2. The predicted octanol–water partition coefficient (Wildman–Crippen LogP) is 3.21. The van der Waals surface area contributed by atoms with Crippen LogP contribution < -0.4 is 15.2 Å². The van der Waals surface area contributed by atoms with Crippen LogP contribution in [0.1, 0.15) is 0 Å². The van der Waals surface area contributed by atoms with Crippen molar-refractivity contribution in [3.05, 3.63) is 48.3 Å². The maximum absolute atomic E-state index is 13.0. The molecule has 0 fully saturated rings. The van der Waals surface area contributed by atoms with E-state index in [0.717, 1.165) is 0 Å². The lowest BCUT2D eigenvalue weighted by Gasteiger charge is -2.09. The Balaban J connectivity index is 2.24. The zero-order valence-corrected chi connectivity index (χ0v) is 9.31. The lowest BCUT2D eigenvalue weighted by Crippen LogP contribution is -1.93. The summed E-state index contributed by atoms with van der Waals surface area (Å²) in [5, 5.41) is 0. The molecular weight excluding hydrogens is 221 g/mol. The van der Waals surface area contributed by atoms with Crippen LogP contribution in [-0.4, -0.2) is 7.11 Å². The van der Waals surface area contributed by atoms with E-state index in [1.807, 2.05) is 0 Å². The van der Waals surface area contributed by atoms with Gasteiger partial charge in [0, 0.05) is 12.1 Å². The summed E-state index contributed by atoms with van der Waals surface area (Å²) in [6.45, 7) is 0. The first kappa shape index (κ1) is 11.3. The van der Waals surface area contributed by atoms with E-state index in [4.69, 9.17) is 15.2 Å². The molecule has 2 aromatic rings. The molecule has 0 atom stereocenters. The van der Waals surface area contributed by atoms with Crippen molar-refractivity contribution >= 4 is 5.69 Å². The quantitative estimate of drug-likeness (QED) is 0.828. The monoisotopic (exact) mass is 233 g/mol. The highest BCUT2D eigenvalue weighted by Crippen LogP contribution is 2.30. The van der Waals surface area contributed by atoms with Gasteiger partial charge in [-0.15, -0.1) is 0 Å². The molecule has 2 N–H and O–H groups in total. The molecule has 3 nitrogen and oxygen atoms in total. The van der Waals surface area contributed by atoms with Gasteiger partial charge in [-0.05, 0) is 24.3 Å². The van der Waals surface area contributed by atoms with Crippen molar-refractivity contribution < 1.29 is 13.9 Å². The molecule has 2 aromatic carbocycles. The SMILES string of the molecule is COc1ccc(Oc2cccc(F)c2)c(N)c1. The summed E-state index contributed by atoms with van der Waals surface area (Å²) in [5.41, 5.74) is 6.22. The molecule has 0 aliphatic heterocycles. The van der Waals surface area contributed by atoms with Crippen molar-refractivity contribution in [2.75, 3.05) is 12.8 Å². The van der Waals surface area contributed by atoms with Crippen LogP contribution in [0.3, 0.4) is 0 Å². The fourth-order valence-electron chi connectivity index (χ4n) is 1.40. The van der Waals surface area contributed by atoms with Gasteiger partial charge >= 0.3 is 0 Å². The number of nitrogens with two attached hydrogens (primary N) is 1. The number of rotatable bonds is 3. The fourth-order valence-corrected chi connectivity index (χ4v) is 1.40. The van der Waals surface area contributed by atoms with E-state index in [1.165, 1.54) is 12.1 Å². The molecule has 0 aliphatic carbocycles. The maximum Gasteiger partial charge on any atom is 0.150 e. The second-order valence-electron chi connectivity index (χ2n) is 3.46. The zero-order chi connectivity index (χ0) is 12.3. The third-order valence-corrected chi connectivity index (χ3v) is 2.24. The van der Waals surface area contributed by atoms with Crippen molar-refractivity contribution in [3.63, 3.8) is 0 Å². The molecule has 0 spiro atoms. The molecule has 0 radical (unpaired) electrons. The third kappa shape index (κ3) is 2.66. The molecule has 0 bridgehead atoms. The van der Waals surface area contributed by atoms with E-state index in [2.05, 4.69) is 0 Å². The van der Waals surface area contributed by atoms with Gasteiger partial charge in [0.15, 0.2) is 5.75 Å². The van der Waals surface area contributed by atoms with Crippen molar-refractivity contribution in [1.82, 2.24) is 0 Å². The summed E-state index contributed by atoms with van der Waals surface area (Å²) >= 11 is 0. The van der Waals surface area contributed by atoms with E-state index in [1.54, 1.807) is 37.4 Å². The highest BCUT2D eigenvalue weighted by Gasteiger charge is 2.04. The van der Waals surface area contributed by atoms with E-state index < -0.39 is 0 Å². The van der Waals surface area contributed by atoms with Crippen LogP contribution in [0.5, 0.6) is 17.2 Å². The molecule has 0 saturated carbocycles. The van der Waals surface area contributed by atoms with Gasteiger partial charge in [0.05, 0.1) is 12.8 Å². The molecule has 0 aliphatic rings. The topological polar surface area (TPSA) is 44.5 Å². The van der Waals surface area contributed by atoms with Crippen LogP contribution in [0.25, 0.3) is 0 Å². The molecule has 2 rings (SSSR count). The average molecular weight is 233 g/mol. The van der Waals surface area contributed by atoms with Gasteiger partial charge in [0.2, 0.25) is 0 Å². The predicted molar refractivity (Wildman–Crippen MR) is 63.9 cm³/mol. The van der Waals surface area contributed by atoms with Gasteiger partial charge in [0.25, 0.3) is 0 Å². The minimum atomic E-state index is -0.352. The number of benzene rings is 2. The number of methoxy groups -OCH3 is 1. The molecular formula is C13H12FNO2. The van der Waals surface area contributed by atoms with E-state index in [-0.39, 0.29) is 5.82 Å². The van der Waals surface area contributed by atoms with Crippen LogP contribution in [0, 0.1) is 5.82 Å². The molecule has 17 heavy (non-hydrogen) atoms. The molecule has 88 valence electrons. The number of hydrogen-bond acceptors (Lipinski definition) is 3. The Hall–Kier alpha value is -2.23. The summed E-state index contributed by atoms with van der Waals surface area (Å²) < 4.78 is 23.5. The van der Waals surface area contributed by atoms with Crippen LogP contribution >= 0.6 is 0 Å². The number of halogens is 1. The lowest BCUT2D eigenvalue weighted by atomic mass is 10.2. The zero-order valence-electron chi connectivity index (χ0n) is 9.31. The molecule has 0 heterocycles. The third-order valence-electron chi connectivity index (χ3n) is 2.24. The number of nitrogen functional groups attached to an aromatic ring is 1. The van der Waals surface area contributed by atoms with Crippen LogP contribution in [0.4, 0.5) is 10.1 Å². The Morgan fingerprint density at radius 2 is 1.88 bits per heavy atom. The second kappa shape index (κ2) is 4.74. The fraction of sp³-hybridized carbons (Fsp3) is 0.0769. The van der Waals surface area contributed by atoms with Gasteiger partial charge in [-0.1, -0.05) is 6.07 Å². The Bertz CT molecular complexity index is 529. The molecule has 0 saturated heterocycles. The standard InChI is InChI=1S/C13H12FNO2/c1-16-10-5-6-13(12(15)8-10)17-11-4-2-3-9(14)7-11/h2-8H,15H2,1H3. The van der Waals surface area contributed by atoms with E-state index in [9.17, 15) is 4.39 Å². The van der Waals surface area contributed by atoms with Gasteiger partial charge in [-0.2, -0.15) is 0 Å². The molecule has 4 heteroatoms. The highest BCUT2D eigenvalue weighted by atomic mass is 19.1. The normalized spacial score (nSPS) is 10.0. The Morgan fingerprint density at radius 3 is 2.53 bits per heavy atom. The Labute approximate surface area is 98.6 Å². The Kier molecular flexibility index (Phi) is 3.14. The van der Waals surface area contributed by atoms with Crippen LogP contribution in [0.15, 0.2) is 42.5 Å². The minimum absolute atomic E-state index is 0.352. The summed E-state index contributed by atoms with van der Waals surface area (Å²) in [5.74, 6) is 1.17. The lowest BCUT2D eigenvalue weighted by molar-refractivity contribution is 0.413. The van der Waals surface area contributed by atoms with E-state index in [0.29, 0.717) is 22.9 Å². The summed E-state index contributed by atoms with van der Waals surface area (Å²) in [6.07, 6.45) is 0. The molecule has 0 aromatic heterocycles. The Morgan fingerprint density at radius 1 is 1.06 bits per heavy atom. The van der Waals surface area contributed by atoms with Crippen LogP contribution in [-0.2, 0) is 0 Å². The summed E-state index contributed by atoms with van der Waals surface area (Å²) in [4.78, 5) is 0. The minimum Gasteiger partial charge on any atom is -0.497 e. The summed E-state index contributed by atoms with van der Waals surface area (Å²) in [7, 11) is 1.56. The van der Waals surface area contributed by atoms with Crippen LogP contribution in [0.2, 0.25) is 0 Å². The molecule has 0 amide bonds. The largest absolute Gasteiger partial charge is 0.497 e. The highest BCUT2D eigenvalue weighted by molar-refractivity contribution is 5.57. The van der Waals surface area contributed by atoms with Crippen molar-refractivity contribution in [2.45, 2.75) is 0 Å². The van der Waals surface area contributed by atoms with Crippen molar-refractivity contribution in [1.29, 1.82) is 0 Å². The smallest absolute Gasteiger partial charge is 0.150 e.